The number of amides is 2. The van der Waals surface area contributed by atoms with Gasteiger partial charge in [0.15, 0.2) is 0 Å². The molecule has 2 amide bonds. The van der Waals surface area contributed by atoms with Crippen molar-refractivity contribution in [3.63, 3.8) is 0 Å². The molecule has 39 heavy (non-hydrogen) atoms. The third kappa shape index (κ3) is 8.22. The Hall–Kier alpha value is -3.55. The number of carbonyl (C=O) groups is 2. The summed E-state index contributed by atoms with van der Waals surface area (Å²) in [6.45, 7) is 12.5. The van der Waals surface area contributed by atoms with Gasteiger partial charge < -0.3 is 25.0 Å². The molecule has 1 saturated heterocycles. The van der Waals surface area contributed by atoms with E-state index in [2.05, 4.69) is 51.4 Å². The minimum Gasteiger partial charge on any atom is -0.366 e. The number of rotatable bonds is 9. The summed E-state index contributed by atoms with van der Waals surface area (Å²) in [5.41, 5.74) is 4.53. The summed E-state index contributed by atoms with van der Waals surface area (Å²) in [6, 6.07) is 16.9. The SMILES string of the molecule is CC.CCCCN(CC)C(=O)CCc1nc2ccccc2[nH]1.O=CN1CCC(N2CNc3ccccc32)CC1. The zero-order chi connectivity index (χ0) is 28.0. The summed E-state index contributed by atoms with van der Waals surface area (Å²) >= 11 is 0. The number of aryl methyl sites for hydroxylation is 1. The molecule has 3 heterocycles. The number of likely N-dealkylation sites (tertiary alicyclic amines) is 1. The number of hydrogen-bond donors (Lipinski definition) is 2. The van der Waals surface area contributed by atoms with Crippen LogP contribution < -0.4 is 10.2 Å². The highest BCUT2D eigenvalue weighted by molar-refractivity contribution is 5.77. The maximum absolute atomic E-state index is 12.2. The molecule has 0 atom stereocenters. The number of imidazole rings is 1. The Bertz CT molecular complexity index is 1120. The molecule has 1 fully saturated rings. The summed E-state index contributed by atoms with van der Waals surface area (Å²) in [7, 11) is 0. The van der Waals surface area contributed by atoms with Gasteiger partial charge in [0.1, 0.15) is 5.82 Å². The van der Waals surface area contributed by atoms with E-state index in [4.69, 9.17) is 0 Å². The molecule has 212 valence electrons. The third-order valence-electron chi connectivity index (χ3n) is 7.27. The first-order valence-electron chi connectivity index (χ1n) is 14.6. The van der Waals surface area contributed by atoms with Crippen molar-refractivity contribution in [1.29, 1.82) is 0 Å². The van der Waals surface area contributed by atoms with Crippen molar-refractivity contribution in [3.8, 4) is 0 Å². The molecule has 0 radical (unpaired) electrons. The molecule has 2 aliphatic rings. The highest BCUT2D eigenvalue weighted by Crippen LogP contribution is 2.34. The van der Waals surface area contributed by atoms with Crippen molar-refractivity contribution in [2.24, 2.45) is 0 Å². The van der Waals surface area contributed by atoms with Crippen molar-refractivity contribution in [2.45, 2.75) is 72.3 Å². The van der Waals surface area contributed by atoms with Crippen molar-refractivity contribution in [1.82, 2.24) is 19.8 Å². The van der Waals surface area contributed by atoms with Gasteiger partial charge >= 0.3 is 0 Å². The summed E-state index contributed by atoms with van der Waals surface area (Å²) < 4.78 is 0. The fourth-order valence-corrected chi connectivity index (χ4v) is 5.07. The Balaban J connectivity index is 0.000000205. The Morgan fingerprint density at radius 1 is 1.08 bits per heavy atom. The standard InChI is InChI=1S/C16H23N3O.C13H17N3O.C2H6/c1-3-5-12-19(4-2)16(20)11-10-15-17-13-8-6-7-9-14(13)18-15;17-10-15-7-5-11(6-8-15)16-9-14-12-3-1-2-4-13(12)16;1-2/h6-9H,3-5,10-12H2,1-2H3,(H,17,18);1-4,10-11,14H,5-9H2;1-2H3. The van der Waals surface area contributed by atoms with Crippen molar-refractivity contribution >= 4 is 34.7 Å². The number of piperidine rings is 1. The van der Waals surface area contributed by atoms with E-state index in [1.807, 2.05) is 54.8 Å². The van der Waals surface area contributed by atoms with E-state index in [1.54, 1.807) is 0 Å². The molecule has 2 N–H and O–H groups in total. The number of nitrogens with one attached hydrogen (secondary N) is 2. The van der Waals surface area contributed by atoms with Gasteiger partial charge in [-0.05, 0) is 50.5 Å². The topological polar surface area (TPSA) is 84.6 Å². The highest BCUT2D eigenvalue weighted by atomic mass is 16.2. The van der Waals surface area contributed by atoms with Gasteiger partial charge in [0, 0.05) is 45.1 Å². The Morgan fingerprint density at radius 3 is 2.49 bits per heavy atom. The van der Waals surface area contributed by atoms with Gasteiger partial charge in [0.25, 0.3) is 0 Å². The van der Waals surface area contributed by atoms with Crippen molar-refractivity contribution < 1.29 is 9.59 Å². The smallest absolute Gasteiger partial charge is 0.223 e. The number of aromatic nitrogens is 2. The van der Waals surface area contributed by atoms with Gasteiger partial charge in [-0.25, -0.2) is 4.98 Å². The first-order chi connectivity index (χ1) is 19.1. The highest BCUT2D eigenvalue weighted by Gasteiger charge is 2.28. The Morgan fingerprint density at radius 2 is 1.79 bits per heavy atom. The molecule has 0 unspecified atom stereocenters. The minimum atomic E-state index is 0.224. The van der Waals surface area contributed by atoms with Gasteiger partial charge in [-0.2, -0.15) is 0 Å². The summed E-state index contributed by atoms with van der Waals surface area (Å²) in [6.07, 6.45) is 6.49. The van der Waals surface area contributed by atoms with Crippen LogP contribution in [0.15, 0.2) is 48.5 Å². The van der Waals surface area contributed by atoms with Gasteiger partial charge in [0.05, 0.1) is 29.1 Å². The van der Waals surface area contributed by atoms with Gasteiger partial charge in [-0.15, -0.1) is 0 Å². The molecule has 5 rings (SSSR count). The van der Waals surface area contributed by atoms with Crippen LogP contribution in [0.5, 0.6) is 0 Å². The van der Waals surface area contributed by atoms with Gasteiger partial charge in [-0.3, -0.25) is 9.59 Å². The van der Waals surface area contributed by atoms with Crippen molar-refractivity contribution in [3.05, 3.63) is 54.4 Å². The van der Waals surface area contributed by atoms with E-state index >= 15 is 0 Å². The van der Waals surface area contributed by atoms with Crippen LogP contribution in [-0.2, 0) is 16.0 Å². The van der Waals surface area contributed by atoms with E-state index in [0.717, 1.165) is 81.8 Å². The molecule has 0 aliphatic carbocycles. The summed E-state index contributed by atoms with van der Waals surface area (Å²) in [5, 5.41) is 3.42. The first kappa shape index (κ1) is 30.0. The zero-order valence-electron chi connectivity index (χ0n) is 24.2. The van der Waals surface area contributed by atoms with Crippen molar-refractivity contribution in [2.75, 3.05) is 43.1 Å². The van der Waals surface area contributed by atoms with Crippen LogP contribution in [0.2, 0.25) is 0 Å². The number of anilines is 2. The lowest BCUT2D eigenvalue weighted by Gasteiger charge is -2.36. The van der Waals surface area contributed by atoms with E-state index in [9.17, 15) is 9.59 Å². The number of hydrogen-bond acceptors (Lipinski definition) is 5. The lowest BCUT2D eigenvalue weighted by molar-refractivity contribution is -0.131. The average Bonchev–Trinajstić information content (AvgIpc) is 3.62. The minimum absolute atomic E-state index is 0.224. The second-order valence-electron chi connectivity index (χ2n) is 9.72. The Labute approximate surface area is 233 Å². The van der Waals surface area contributed by atoms with Crippen LogP contribution in [0.3, 0.4) is 0 Å². The molecular weight excluding hydrogens is 488 g/mol. The quantitative estimate of drug-likeness (QED) is 0.346. The number of nitrogens with zero attached hydrogens (tertiary/aromatic N) is 4. The molecule has 2 aliphatic heterocycles. The predicted molar refractivity (Wildman–Crippen MR) is 161 cm³/mol. The largest absolute Gasteiger partial charge is 0.366 e. The number of aromatic amines is 1. The Kier molecular flexibility index (Phi) is 12.1. The monoisotopic (exact) mass is 534 g/mol. The van der Waals surface area contributed by atoms with E-state index in [-0.39, 0.29) is 5.91 Å². The lowest BCUT2D eigenvalue weighted by Crippen LogP contribution is -2.44. The predicted octanol–water partition coefficient (Wildman–Crippen LogP) is 5.67. The van der Waals surface area contributed by atoms with Crippen LogP contribution in [0, 0.1) is 0 Å². The first-order valence-corrected chi connectivity index (χ1v) is 14.6. The fraction of sp³-hybridized carbons (Fsp3) is 0.516. The number of H-pyrrole nitrogens is 1. The molecule has 1 aromatic heterocycles. The molecule has 3 aromatic rings. The van der Waals surface area contributed by atoms with Crippen LogP contribution in [0.1, 0.15) is 65.6 Å². The number of fused-ring (bicyclic) bond motifs is 2. The van der Waals surface area contributed by atoms with Gasteiger partial charge in [0.2, 0.25) is 12.3 Å². The number of para-hydroxylation sites is 4. The lowest BCUT2D eigenvalue weighted by atomic mass is 10.0. The molecule has 8 nitrogen and oxygen atoms in total. The maximum Gasteiger partial charge on any atom is 0.223 e. The number of unbranched alkanes of at least 4 members (excludes halogenated alkanes) is 1. The fourth-order valence-electron chi connectivity index (χ4n) is 5.07. The van der Waals surface area contributed by atoms with E-state index < -0.39 is 0 Å². The zero-order valence-corrected chi connectivity index (χ0v) is 24.2. The molecule has 0 spiro atoms. The summed E-state index contributed by atoms with van der Waals surface area (Å²) in [5.74, 6) is 1.12. The number of benzene rings is 2. The van der Waals surface area contributed by atoms with E-state index in [1.165, 1.54) is 11.4 Å². The maximum atomic E-state index is 12.2. The van der Waals surface area contributed by atoms with Crippen LogP contribution in [0.4, 0.5) is 11.4 Å². The molecule has 0 bridgehead atoms. The van der Waals surface area contributed by atoms with Crippen LogP contribution >= 0.6 is 0 Å². The molecule has 8 heteroatoms. The normalized spacial score (nSPS) is 14.5. The van der Waals surface area contributed by atoms with E-state index in [0.29, 0.717) is 18.9 Å². The van der Waals surface area contributed by atoms with Gasteiger partial charge in [-0.1, -0.05) is 51.5 Å². The average molecular weight is 535 g/mol. The second kappa shape index (κ2) is 15.8. The molecule has 2 aromatic carbocycles. The third-order valence-corrected chi connectivity index (χ3v) is 7.27. The molecular formula is C31H46N6O2. The number of carbonyl (C=O) groups excluding carboxylic acids is 2. The molecule has 0 saturated carbocycles. The summed E-state index contributed by atoms with van der Waals surface area (Å²) in [4.78, 5) is 36.8. The van der Waals surface area contributed by atoms with Crippen LogP contribution in [-0.4, -0.2) is 71.0 Å². The van der Waals surface area contributed by atoms with Crippen LogP contribution in [0.25, 0.3) is 11.0 Å². The second-order valence-corrected chi connectivity index (χ2v) is 9.72.